The highest BCUT2D eigenvalue weighted by molar-refractivity contribution is 6.53. The number of hydrogen-bond acceptors (Lipinski definition) is 4. The first-order valence-corrected chi connectivity index (χ1v) is 11.9. The number of amides is 3. The summed E-state index contributed by atoms with van der Waals surface area (Å²) in [5.41, 5.74) is 4.10. The first kappa shape index (κ1) is 24.2. The molecular weight excluding hydrogens is 462 g/mol. The summed E-state index contributed by atoms with van der Waals surface area (Å²) in [5, 5.41) is 5.62. The van der Waals surface area contributed by atoms with Crippen molar-refractivity contribution in [2.45, 2.75) is 33.1 Å². The minimum absolute atomic E-state index is 0.0248. The number of nitrogens with one attached hydrogen (secondary N) is 2. The van der Waals surface area contributed by atoms with E-state index in [0.717, 1.165) is 41.0 Å². The highest BCUT2D eigenvalue weighted by Gasteiger charge is 2.39. The average Bonchev–Trinajstić information content (AvgIpc) is 3.07. The number of benzene rings is 3. The number of imide groups is 1. The number of para-hydroxylation sites is 1. The van der Waals surface area contributed by atoms with Crippen molar-refractivity contribution in [2.24, 2.45) is 0 Å². The fourth-order valence-corrected chi connectivity index (χ4v) is 4.04. The Labute approximate surface area is 209 Å². The Bertz CT molecular complexity index is 1320. The van der Waals surface area contributed by atoms with E-state index in [2.05, 4.69) is 17.6 Å². The van der Waals surface area contributed by atoms with Gasteiger partial charge in [0, 0.05) is 16.9 Å². The molecule has 0 bridgehead atoms. The molecule has 1 heterocycles. The molecule has 0 aromatic heterocycles. The lowest BCUT2D eigenvalue weighted by Gasteiger charge is -2.16. The number of anilines is 3. The van der Waals surface area contributed by atoms with Crippen LogP contribution in [0.15, 0.2) is 83.5 Å². The molecule has 35 heavy (non-hydrogen) atoms. The van der Waals surface area contributed by atoms with E-state index in [1.165, 1.54) is 0 Å². The van der Waals surface area contributed by atoms with Crippen LogP contribution >= 0.6 is 11.6 Å². The number of hydrogen-bond donors (Lipinski definition) is 2. The normalized spacial score (nSPS) is 13.4. The predicted octanol–water partition coefficient (Wildman–Crippen LogP) is 6.03. The van der Waals surface area contributed by atoms with Crippen molar-refractivity contribution in [1.82, 2.24) is 0 Å². The molecule has 3 amide bonds. The summed E-state index contributed by atoms with van der Waals surface area (Å²) in [7, 11) is 0. The lowest BCUT2D eigenvalue weighted by atomic mass is 10.1. The molecule has 178 valence electrons. The highest BCUT2D eigenvalue weighted by Crippen LogP contribution is 2.30. The third-order valence-corrected chi connectivity index (χ3v) is 6.18. The van der Waals surface area contributed by atoms with Gasteiger partial charge in [0.05, 0.1) is 5.69 Å². The van der Waals surface area contributed by atoms with Gasteiger partial charge in [0.2, 0.25) is 0 Å². The van der Waals surface area contributed by atoms with E-state index < -0.39 is 11.8 Å². The van der Waals surface area contributed by atoms with Crippen LogP contribution in [0.4, 0.5) is 17.1 Å². The molecule has 0 saturated carbocycles. The molecule has 7 heteroatoms. The number of unbranched alkanes of at least 4 members (excludes halogenated alkanes) is 1. The summed E-state index contributed by atoms with van der Waals surface area (Å²) in [6.07, 6.45) is 3.11. The molecule has 0 saturated heterocycles. The molecule has 1 aliphatic rings. The van der Waals surface area contributed by atoms with Crippen LogP contribution in [0.5, 0.6) is 0 Å². The number of rotatable bonds is 8. The second-order valence-electron chi connectivity index (χ2n) is 8.38. The lowest BCUT2D eigenvalue weighted by molar-refractivity contribution is -0.120. The van der Waals surface area contributed by atoms with Crippen molar-refractivity contribution in [1.29, 1.82) is 0 Å². The van der Waals surface area contributed by atoms with Crippen LogP contribution in [0.1, 0.15) is 41.3 Å². The number of aryl methyl sites for hydroxylation is 2. The van der Waals surface area contributed by atoms with Gasteiger partial charge in [-0.25, -0.2) is 4.90 Å². The van der Waals surface area contributed by atoms with Crippen molar-refractivity contribution in [2.75, 3.05) is 15.5 Å². The highest BCUT2D eigenvalue weighted by atomic mass is 35.5. The summed E-state index contributed by atoms with van der Waals surface area (Å²) in [5.74, 6) is -1.42. The standard InChI is InChI=1S/C28H26ClN3O3/c1-3-4-9-19-13-15-22(16-14-19)32-27(34)24(29)25(28(32)35)30-21-11-7-10-20(17-21)26(33)31-23-12-6-5-8-18(23)2/h5-8,10-17,30H,3-4,9H2,1-2H3,(H,31,33). The Balaban J connectivity index is 1.50. The van der Waals surface area contributed by atoms with Crippen LogP contribution in [0, 0.1) is 6.92 Å². The second-order valence-corrected chi connectivity index (χ2v) is 8.76. The van der Waals surface area contributed by atoms with Crippen molar-refractivity contribution >= 4 is 46.4 Å². The Morgan fingerprint density at radius 2 is 1.69 bits per heavy atom. The zero-order valence-electron chi connectivity index (χ0n) is 19.6. The first-order chi connectivity index (χ1) is 16.9. The Morgan fingerprint density at radius 3 is 2.40 bits per heavy atom. The van der Waals surface area contributed by atoms with E-state index >= 15 is 0 Å². The van der Waals surface area contributed by atoms with Crippen LogP contribution in [0.3, 0.4) is 0 Å². The van der Waals surface area contributed by atoms with Gasteiger partial charge >= 0.3 is 0 Å². The van der Waals surface area contributed by atoms with Gasteiger partial charge in [0.1, 0.15) is 10.7 Å². The third kappa shape index (κ3) is 5.28. The maximum absolute atomic E-state index is 13.1. The zero-order valence-corrected chi connectivity index (χ0v) is 20.4. The van der Waals surface area contributed by atoms with Gasteiger partial charge in [0.15, 0.2) is 0 Å². The molecule has 0 radical (unpaired) electrons. The number of carbonyl (C=O) groups excluding carboxylic acids is 3. The fraction of sp³-hybridized carbons (Fsp3) is 0.179. The molecule has 3 aromatic carbocycles. The van der Waals surface area contributed by atoms with Crippen LogP contribution in [-0.4, -0.2) is 17.7 Å². The maximum Gasteiger partial charge on any atom is 0.283 e. The molecule has 0 aliphatic carbocycles. The van der Waals surface area contributed by atoms with Crippen molar-refractivity contribution < 1.29 is 14.4 Å². The van der Waals surface area contributed by atoms with E-state index in [0.29, 0.717) is 16.9 Å². The van der Waals surface area contributed by atoms with Crippen molar-refractivity contribution in [3.63, 3.8) is 0 Å². The maximum atomic E-state index is 13.1. The average molecular weight is 488 g/mol. The third-order valence-electron chi connectivity index (χ3n) is 5.83. The predicted molar refractivity (Wildman–Crippen MR) is 140 cm³/mol. The molecule has 6 nitrogen and oxygen atoms in total. The van der Waals surface area contributed by atoms with E-state index in [-0.39, 0.29) is 16.6 Å². The molecule has 0 fully saturated rings. The molecule has 0 spiro atoms. The molecule has 1 aliphatic heterocycles. The topological polar surface area (TPSA) is 78.5 Å². The molecule has 3 aromatic rings. The summed E-state index contributed by atoms with van der Waals surface area (Å²) < 4.78 is 0. The summed E-state index contributed by atoms with van der Waals surface area (Å²) in [4.78, 5) is 39.7. The molecule has 0 atom stereocenters. The minimum atomic E-state index is -0.589. The smallest absolute Gasteiger partial charge is 0.283 e. The molecular formula is C28H26ClN3O3. The summed E-state index contributed by atoms with van der Waals surface area (Å²) in [6.45, 7) is 4.04. The van der Waals surface area contributed by atoms with Crippen LogP contribution in [0.2, 0.25) is 0 Å². The number of nitrogens with zero attached hydrogens (tertiary/aromatic N) is 1. The van der Waals surface area contributed by atoms with Crippen molar-refractivity contribution in [3.8, 4) is 0 Å². The Hall–Kier alpha value is -3.90. The summed E-state index contributed by atoms with van der Waals surface area (Å²) >= 11 is 6.27. The second kappa shape index (κ2) is 10.6. The largest absolute Gasteiger partial charge is 0.350 e. The van der Waals surface area contributed by atoms with E-state index in [4.69, 9.17) is 11.6 Å². The van der Waals surface area contributed by atoms with Crippen LogP contribution in [-0.2, 0) is 16.0 Å². The van der Waals surface area contributed by atoms with Crippen LogP contribution in [0.25, 0.3) is 0 Å². The molecule has 4 rings (SSSR count). The first-order valence-electron chi connectivity index (χ1n) is 11.5. The van der Waals surface area contributed by atoms with Gasteiger partial charge in [-0.2, -0.15) is 0 Å². The number of halogens is 1. The van der Waals surface area contributed by atoms with Gasteiger partial charge < -0.3 is 10.6 Å². The van der Waals surface area contributed by atoms with Gasteiger partial charge in [0.25, 0.3) is 17.7 Å². The molecule has 0 unspecified atom stereocenters. The fourth-order valence-electron chi connectivity index (χ4n) is 3.83. The van der Waals surface area contributed by atoms with Gasteiger partial charge in [-0.05, 0) is 67.3 Å². The van der Waals surface area contributed by atoms with Crippen LogP contribution < -0.4 is 15.5 Å². The monoisotopic (exact) mass is 487 g/mol. The summed E-state index contributed by atoms with van der Waals surface area (Å²) in [6, 6.07) is 21.5. The quantitative estimate of drug-likeness (QED) is 0.380. The van der Waals surface area contributed by atoms with E-state index in [9.17, 15) is 14.4 Å². The Kier molecular flexibility index (Phi) is 7.32. The van der Waals surface area contributed by atoms with E-state index in [1.54, 1.807) is 36.4 Å². The Morgan fingerprint density at radius 1 is 0.943 bits per heavy atom. The van der Waals surface area contributed by atoms with Gasteiger partial charge in [-0.3, -0.25) is 14.4 Å². The zero-order chi connectivity index (χ0) is 24.9. The molecule has 2 N–H and O–H groups in total. The minimum Gasteiger partial charge on any atom is -0.350 e. The van der Waals surface area contributed by atoms with Gasteiger partial charge in [-0.1, -0.05) is 61.3 Å². The van der Waals surface area contributed by atoms with E-state index in [1.807, 2.05) is 43.3 Å². The number of carbonyl (C=O) groups is 3. The lowest BCUT2D eigenvalue weighted by Crippen LogP contribution is -2.32. The van der Waals surface area contributed by atoms with Crippen molar-refractivity contribution in [3.05, 3.63) is 100 Å². The SMILES string of the molecule is CCCCc1ccc(N2C(=O)C(Cl)=C(Nc3cccc(C(=O)Nc4ccccc4C)c3)C2=O)cc1. The van der Waals surface area contributed by atoms with Gasteiger partial charge in [-0.15, -0.1) is 0 Å².